The van der Waals surface area contributed by atoms with Crippen LogP contribution in [0, 0.1) is 0 Å². The number of halogens is 2. The zero-order valence-corrected chi connectivity index (χ0v) is 17.7. The number of likely N-dealkylation sites (N-methyl/N-ethyl adjacent to an activating group) is 1. The summed E-state index contributed by atoms with van der Waals surface area (Å²) in [7, 11) is -2.42. The van der Waals surface area contributed by atoms with Crippen molar-refractivity contribution in [2.45, 2.75) is 26.3 Å². The lowest BCUT2D eigenvalue weighted by atomic mass is 10.1. The Bertz CT molecular complexity index is 802. The van der Waals surface area contributed by atoms with E-state index in [0.717, 1.165) is 5.56 Å². The van der Waals surface area contributed by atoms with Crippen molar-refractivity contribution in [1.82, 2.24) is 4.31 Å². The quantitative estimate of drug-likeness (QED) is 0.567. The van der Waals surface area contributed by atoms with Gasteiger partial charge in [-0.05, 0) is 31.9 Å². The van der Waals surface area contributed by atoms with Gasteiger partial charge in [0.05, 0.1) is 22.6 Å². The molecule has 9 heteroatoms. The van der Waals surface area contributed by atoms with Crippen LogP contribution in [-0.2, 0) is 26.0 Å². The molecule has 0 saturated heterocycles. The van der Waals surface area contributed by atoms with Crippen molar-refractivity contribution >= 4 is 39.2 Å². The molecule has 0 aliphatic carbocycles. The second-order valence-electron chi connectivity index (χ2n) is 5.91. The Labute approximate surface area is 170 Å². The minimum absolute atomic E-state index is 0.0197. The molecule has 1 aromatic rings. The van der Waals surface area contributed by atoms with Crippen LogP contribution in [0.15, 0.2) is 51.4 Å². The van der Waals surface area contributed by atoms with Crippen LogP contribution in [0.25, 0.3) is 0 Å². The van der Waals surface area contributed by atoms with Crippen LogP contribution >= 0.6 is 23.2 Å². The minimum Gasteiger partial charge on any atom is -0.480 e. The minimum atomic E-state index is -3.85. The molecule has 0 radical (unpaired) electrons. The third kappa shape index (κ3) is 7.63. The number of aliphatic carboxylic acids is 1. The van der Waals surface area contributed by atoms with E-state index in [0.29, 0.717) is 6.42 Å². The maximum absolute atomic E-state index is 12.9. The monoisotopic (exact) mass is 435 g/mol. The Hall–Kier alpha value is -1.38. The first-order valence-corrected chi connectivity index (χ1v) is 10.3. The van der Waals surface area contributed by atoms with E-state index >= 15 is 0 Å². The number of carboxylic acid groups (broad SMARTS) is 1. The molecule has 27 heavy (non-hydrogen) atoms. The van der Waals surface area contributed by atoms with Crippen molar-refractivity contribution < 1.29 is 23.1 Å². The van der Waals surface area contributed by atoms with Gasteiger partial charge in [0.25, 0.3) is 0 Å². The molecule has 0 bridgehead atoms. The molecule has 0 fully saturated rings. The van der Waals surface area contributed by atoms with Crippen molar-refractivity contribution in [3.63, 3.8) is 0 Å². The van der Waals surface area contributed by atoms with Crippen molar-refractivity contribution in [3.8, 4) is 0 Å². The highest BCUT2D eigenvalue weighted by Crippen LogP contribution is 2.22. The molecule has 0 amide bonds. The lowest BCUT2D eigenvalue weighted by Crippen LogP contribution is -2.42. The third-order valence-electron chi connectivity index (χ3n) is 3.81. The molecule has 0 spiro atoms. The number of carbonyl (C=O) groups is 1. The Morgan fingerprint density at radius 1 is 1.26 bits per heavy atom. The summed E-state index contributed by atoms with van der Waals surface area (Å²) in [6, 6.07) is 8.68. The molecule has 150 valence electrons. The summed E-state index contributed by atoms with van der Waals surface area (Å²) in [5.41, 5.74) is 0.902. The van der Waals surface area contributed by atoms with Gasteiger partial charge in [0.15, 0.2) is 0 Å². The second kappa shape index (κ2) is 10.8. The largest absolute Gasteiger partial charge is 0.480 e. The topological polar surface area (TPSA) is 83.9 Å². The lowest BCUT2D eigenvalue weighted by molar-refractivity contribution is -0.142. The van der Waals surface area contributed by atoms with E-state index in [1.807, 2.05) is 30.3 Å². The predicted octanol–water partition coefficient (Wildman–Crippen LogP) is 3.57. The van der Waals surface area contributed by atoms with E-state index in [2.05, 4.69) is 0 Å². The van der Waals surface area contributed by atoms with Gasteiger partial charge < -0.3 is 9.84 Å². The van der Waals surface area contributed by atoms with Crippen LogP contribution in [-0.4, -0.2) is 50.1 Å². The summed E-state index contributed by atoms with van der Waals surface area (Å²) in [5, 5.41) is 9.17. The number of carboxylic acids is 1. The van der Waals surface area contributed by atoms with E-state index in [-0.39, 0.29) is 21.6 Å². The molecule has 1 atom stereocenters. The maximum Gasteiger partial charge on any atom is 0.329 e. The summed E-state index contributed by atoms with van der Waals surface area (Å²) in [5.74, 6) is -1.12. The molecule has 1 aromatic carbocycles. The number of hydrogen-bond donors (Lipinski definition) is 1. The van der Waals surface area contributed by atoms with Crippen LogP contribution in [0.4, 0.5) is 0 Å². The molecule has 0 aliphatic heterocycles. The van der Waals surface area contributed by atoms with Gasteiger partial charge in [0, 0.05) is 12.1 Å². The van der Waals surface area contributed by atoms with Gasteiger partial charge in [-0.2, -0.15) is 4.31 Å². The fraction of sp³-hybridized carbons (Fsp3) is 0.389. The standard InChI is InChI=1S/C18H23Cl2NO5S/c1-13(9-17(20)14(2)19)27(24,25)21(3)16(11-26-12-18(22)23)10-15-7-5-4-6-8-15/h4-9,16H,10-12H2,1-3H3,(H,22,23). The highest BCUT2D eigenvalue weighted by Gasteiger charge is 2.28. The zero-order chi connectivity index (χ0) is 20.6. The second-order valence-corrected chi connectivity index (χ2v) is 9.05. The molecule has 0 aliphatic rings. The Morgan fingerprint density at radius 2 is 1.85 bits per heavy atom. The van der Waals surface area contributed by atoms with Crippen molar-refractivity contribution in [2.24, 2.45) is 0 Å². The van der Waals surface area contributed by atoms with Gasteiger partial charge in [-0.25, -0.2) is 13.2 Å². The molecule has 1 rings (SSSR count). The van der Waals surface area contributed by atoms with Crippen LogP contribution in [0.3, 0.4) is 0 Å². The number of benzene rings is 1. The van der Waals surface area contributed by atoms with Crippen LogP contribution < -0.4 is 0 Å². The molecule has 1 unspecified atom stereocenters. The number of allylic oxidation sites excluding steroid dienone is 4. The van der Waals surface area contributed by atoms with Gasteiger partial charge in [-0.15, -0.1) is 0 Å². The van der Waals surface area contributed by atoms with Crippen molar-refractivity contribution in [3.05, 3.63) is 56.9 Å². The highest BCUT2D eigenvalue weighted by molar-refractivity contribution is 7.93. The number of nitrogens with zero attached hydrogens (tertiary/aromatic N) is 1. The summed E-state index contributed by atoms with van der Waals surface area (Å²) in [6.07, 6.45) is 1.65. The molecular weight excluding hydrogens is 413 g/mol. The average Bonchev–Trinajstić information content (AvgIpc) is 2.60. The predicted molar refractivity (Wildman–Crippen MR) is 107 cm³/mol. The molecule has 1 N–H and O–H groups in total. The highest BCUT2D eigenvalue weighted by atomic mass is 35.5. The number of rotatable bonds is 10. The number of ether oxygens (including phenoxy) is 1. The summed E-state index contributed by atoms with van der Waals surface area (Å²) in [4.78, 5) is 10.7. The number of hydrogen-bond acceptors (Lipinski definition) is 4. The fourth-order valence-electron chi connectivity index (χ4n) is 2.24. The van der Waals surface area contributed by atoms with Crippen LogP contribution in [0.5, 0.6) is 0 Å². The average molecular weight is 436 g/mol. The summed E-state index contributed by atoms with van der Waals surface area (Å²) in [6.45, 7) is 2.41. The van der Waals surface area contributed by atoms with E-state index in [1.54, 1.807) is 6.92 Å². The van der Waals surface area contributed by atoms with Gasteiger partial charge in [0.1, 0.15) is 6.61 Å². The molecular formula is C18H23Cl2NO5S. The first kappa shape index (κ1) is 23.7. The van der Waals surface area contributed by atoms with E-state index < -0.39 is 28.6 Å². The maximum atomic E-state index is 12.9. The van der Waals surface area contributed by atoms with E-state index in [9.17, 15) is 13.2 Å². The fourth-order valence-corrected chi connectivity index (χ4v) is 3.77. The van der Waals surface area contributed by atoms with Gasteiger partial charge in [-0.1, -0.05) is 53.5 Å². The Morgan fingerprint density at radius 3 is 2.37 bits per heavy atom. The van der Waals surface area contributed by atoms with E-state index in [4.69, 9.17) is 33.0 Å². The molecule has 0 saturated carbocycles. The third-order valence-corrected chi connectivity index (χ3v) is 6.49. The zero-order valence-electron chi connectivity index (χ0n) is 15.4. The van der Waals surface area contributed by atoms with Gasteiger partial charge in [-0.3, -0.25) is 0 Å². The first-order valence-electron chi connectivity index (χ1n) is 8.07. The molecule has 6 nitrogen and oxygen atoms in total. The SMILES string of the molecule is CC(=CC(Cl)=C(C)Cl)S(=O)(=O)N(C)C(COCC(=O)O)Cc1ccccc1. The normalized spacial score (nSPS) is 14.8. The van der Waals surface area contributed by atoms with E-state index in [1.165, 1.54) is 24.4 Å². The van der Waals surface area contributed by atoms with Crippen molar-refractivity contribution in [2.75, 3.05) is 20.3 Å². The van der Waals surface area contributed by atoms with Gasteiger partial charge in [0.2, 0.25) is 10.0 Å². The first-order chi connectivity index (χ1) is 12.6. The summed E-state index contributed by atoms with van der Waals surface area (Å²) < 4.78 is 32.1. The Balaban J connectivity index is 3.10. The number of sulfonamides is 1. The van der Waals surface area contributed by atoms with Crippen LogP contribution in [0.2, 0.25) is 0 Å². The molecule has 0 heterocycles. The lowest BCUT2D eigenvalue weighted by Gasteiger charge is -2.27. The van der Waals surface area contributed by atoms with Gasteiger partial charge >= 0.3 is 5.97 Å². The Kier molecular flexibility index (Phi) is 9.49. The van der Waals surface area contributed by atoms with Crippen LogP contribution in [0.1, 0.15) is 19.4 Å². The smallest absolute Gasteiger partial charge is 0.329 e. The summed E-state index contributed by atoms with van der Waals surface area (Å²) >= 11 is 11.7. The molecule has 0 aromatic heterocycles. The van der Waals surface area contributed by atoms with Crippen molar-refractivity contribution in [1.29, 1.82) is 0 Å².